The number of hydrogen-bond donors (Lipinski definition) is 1. The van der Waals surface area contributed by atoms with Gasteiger partial charge < -0.3 is 0 Å². The van der Waals surface area contributed by atoms with Crippen molar-refractivity contribution in [3.63, 3.8) is 0 Å². The van der Waals surface area contributed by atoms with Crippen LogP contribution in [0.2, 0.25) is 0 Å². The van der Waals surface area contributed by atoms with E-state index >= 15 is 0 Å². The van der Waals surface area contributed by atoms with E-state index in [0.717, 1.165) is 0 Å². The van der Waals surface area contributed by atoms with E-state index in [9.17, 15) is 13.2 Å². The fourth-order valence-electron chi connectivity index (χ4n) is 0.0423. The summed E-state index contributed by atoms with van der Waals surface area (Å²) in [6.07, 6.45) is 0. The fourth-order valence-corrected chi connectivity index (χ4v) is 1.14. The molecular formula is CHF3S3. The zero-order valence-electron chi connectivity index (χ0n) is 2.90. The van der Waals surface area contributed by atoms with Crippen molar-refractivity contribution in [1.29, 1.82) is 0 Å². The highest BCUT2D eigenvalue weighted by atomic mass is 33.5. The maximum atomic E-state index is 10.9. The van der Waals surface area contributed by atoms with E-state index in [1.54, 1.807) is 0 Å². The highest BCUT2D eigenvalue weighted by molar-refractivity contribution is 9.05. The summed E-state index contributed by atoms with van der Waals surface area (Å²) in [4.78, 5) is 0. The van der Waals surface area contributed by atoms with E-state index in [0.29, 0.717) is 9.83 Å². The molecule has 0 saturated heterocycles. The van der Waals surface area contributed by atoms with Crippen molar-refractivity contribution in [2.24, 2.45) is 0 Å². The molecule has 0 aromatic heterocycles. The minimum Gasteiger partial charge on any atom is -0.160 e. The predicted octanol–water partition coefficient (Wildman–Crippen LogP) is 2.73. The third-order valence-electron chi connectivity index (χ3n) is 0.132. The number of rotatable bonds is 1. The molecule has 6 heteroatoms. The lowest BCUT2D eigenvalue weighted by Crippen LogP contribution is -1.94. The van der Waals surface area contributed by atoms with Crippen LogP contribution in [0.1, 0.15) is 0 Å². The van der Waals surface area contributed by atoms with Crippen LogP contribution in [0.4, 0.5) is 13.2 Å². The van der Waals surface area contributed by atoms with Crippen molar-refractivity contribution in [2.45, 2.75) is 5.51 Å². The summed E-state index contributed by atoms with van der Waals surface area (Å²) < 4.78 is 32.8. The maximum Gasteiger partial charge on any atom is 0.452 e. The molecule has 0 fully saturated rings. The van der Waals surface area contributed by atoms with Gasteiger partial charge in [-0.15, -0.1) is 0 Å². The molecule has 0 bridgehead atoms. The van der Waals surface area contributed by atoms with E-state index < -0.39 is 5.51 Å². The van der Waals surface area contributed by atoms with E-state index in [1.807, 2.05) is 0 Å². The van der Waals surface area contributed by atoms with E-state index in [4.69, 9.17) is 0 Å². The normalized spacial score (nSPS) is 12.0. The summed E-state index contributed by atoms with van der Waals surface area (Å²) in [7, 11) is 0.164. The Bertz CT molecular complexity index is 48.6. The lowest BCUT2D eigenvalue weighted by Gasteiger charge is -1.97. The Morgan fingerprint density at radius 2 is 1.71 bits per heavy atom. The van der Waals surface area contributed by atoms with Crippen LogP contribution < -0.4 is 0 Å². The molecule has 0 heterocycles. The fraction of sp³-hybridized carbons (Fsp3) is 1.00. The van der Waals surface area contributed by atoms with E-state index in [-0.39, 0.29) is 10.8 Å². The topological polar surface area (TPSA) is 0 Å². The summed E-state index contributed by atoms with van der Waals surface area (Å²) in [5.41, 5.74) is -4.15. The third kappa shape index (κ3) is 6.84. The van der Waals surface area contributed by atoms with Crippen molar-refractivity contribution in [3.8, 4) is 0 Å². The van der Waals surface area contributed by atoms with E-state index in [1.165, 1.54) is 0 Å². The van der Waals surface area contributed by atoms with Crippen molar-refractivity contribution >= 4 is 32.3 Å². The second kappa shape index (κ2) is 2.99. The van der Waals surface area contributed by atoms with Crippen LogP contribution in [0.25, 0.3) is 0 Å². The summed E-state index contributed by atoms with van der Waals surface area (Å²) >= 11 is 3.27. The molecule has 7 heavy (non-hydrogen) atoms. The molecule has 0 radical (unpaired) electrons. The summed E-state index contributed by atoms with van der Waals surface area (Å²) in [5.74, 6) is 0. The predicted molar refractivity (Wildman–Crippen MR) is 30.2 cm³/mol. The quantitative estimate of drug-likeness (QED) is 0.470. The average Bonchev–Trinajstić information content (AvgIpc) is 1.30. The van der Waals surface area contributed by atoms with Gasteiger partial charge in [0.2, 0.25) is 0 Å². The minimum atomic E-state index is -4.15. The van der Waals surface area contributed by atoms with Crippen LogP contribution in [0.5, 0.6) is 0 Å². The zero-order valence-corrected chi connectivity index (χ0v) is 5.43. The number of halogens is 3. The van der Waals surface area contributed by atoms with Crippen LogP contribution in [0.15, 0.2) is 0 Å². The summed E-state index contributed by atoms with van der Waals surface area (Å²) in [5, 5.41) is 0. The molecule has 0 aromatic carbocycles. The summed E-state index contributed by atoms with van der Waals surface area (Å²) in [6.45, 7) is 0. The Kier molecular flexibility index (Phi) is 3.34. The molecule has 0 rings (SSSR count). The second-order valence-corrected chi connectivity index (χ2v) is 3.67. The van der Waals surface area contributed by atoms with Gasteiger partial charge in [0, 0.05) is 10.8 Å². The Morgan fingerprint density at radius 3 is 1.71 bits per heavy atom. The molecule has 0 aromatic rings. The molecule has 44 valence electrons. The molecule has 0 N–H and O–H groups in total. The number of alkyl halides is 3. The van der Waals surface area contributed by atoms with Gasteiger partial charge >= 0.3 is 5.51 Å². The maximum absolute atomic E-state index is 10.9. The lowest BCUT2D eigenvalue weighted by atomic mass is 11.6. The van der Waals surface area contributed by atoms with Gasteiger partial charge in [-0.3, -0.25) is 0 Å². The molecule has 0 aliphatic carbocycles. The van der Waals surface area contributed by atoms with Crippen molar-refractivity contribution in [3.05, 3.63) is 0 Å². The highest BCUT2D eigenvalue weighted by Crippen LogP contribution is 2.41. The molecule has 0 amide bonds. The van der Waals surface area contributed by atoms with Crippen molar-refractivity contribution in [1.82, 2.24) is 0 Å². The largest absolute Gasteiger partial charge is 0.452 e. The molecule has 0 atom stereocenters. The van der Waals surface area contributed by atoms with Gasteiger partial charge in [0.25, 0.3) is 0 Å². The van der Waals surface area contributed by atoms with Crippen LogP contribution in [-0.4, -0.2) is 5.51 Å². The SMILES string of the molecule is FC(F)(F)SSS. The Labute approximate surface area is 51.4 Å². The first-order valence-corrected chi connectivity index (χ1v) is 4.32. The average molecular weight is 166 g/mol. The third-order valence-corrected chi connectivity index (χ3v) is 1.86. The van der Waals surface area contributed by atoms with Crippen LogP contribution in [0, 0.1) is 0 Å². The standard InChI is InChI=1S/CHF3S3/c2-1(3,4)6-7-5/h5H. The molecule has 0 spiro atoms. The van der Waals surface area contributed by atoms with E-state index in [2.05, 4.69) is 11.7 Å². The lowest BCUT2D eigenvalue weighted by molar-refractivity contribution is -0.0310. The first kappa shape index (κ1) is 7.84. The Balaban J connectivity index is 3.15. The second-order valence-electron chi connectivity index (χ2n) is 0.604. The van der Waals surface area contributed by atoms with Gasteiger partial charge in [-0.25, -0.2) is 0 Å². The molecule has 0 saturated carbocycles. The Morgan fingerprint density at radius 1 is 1.29 bits per heavy atom. The Hall–Kier alpha value is 0.840. The molecular weight excluding hydrogens is 165 g/mol. The minimum absolute atomic E-state index is 0.231. The first-order valence-electron chi connectivity index (χ1n) is 1.12. The highest BCUT2D eigenvalue weighted by Gasteiger charge is 2.27. The number of hydrogen-bond acceptors (Lipinski definition) is 3. The van der Waals surface area contributed by atoms with Crippen molar-refractivity contribution in [2.75, 3.05) is 0 Å². The summed E-state index contributed by atoms with van der Waals surface area (Å²) in [6, 6.07) is 0. The zero-order chi connectivity index (χ0) is 5.91. The van der Waals surface area contributed by atoms with Gasteiger partial charge in [0.15, 0.2) is 0 Å². The van der Waals surface area contributed by atoms with Gasteiger partial charge in [-0.1, -0.05) is 11.7 Å². The monoisotopic (exact) mass is 166 g/mol. The van der Waals surface area contributed by atoms with Gasteiger partial charge in [0.1, 0.15) is 0 Å². The van der Waals surface area contributed by atoms with Gasteiger partial charge in [0.05, 0.1) is 0 Å². The first-order chi connectivity index (χ1) is 3.06. The van der Waals surface area contributed by atoms with Crippen LogP contribution >= 0.6 is 32.3 Å². The van der Waals surface area contributed by atoms with Crippen LogP contribution in [0.3, 0.4) is 0 Å². The number of thiol groups is 1. The molecule has 0 unspecified atom stereocenters. The smallest absolute Gasteiger partial charge is 0.160 e. The molecule has 0 aliphatic heterocycles. The molecule has 0 aliphatic rings. The molecule has 0 nitrogen and oxygen atoms in total. The van der Waals surface area contributed by atoms with Crippen molar-refractivity contribution < 1.29 is 13.2 Å². The van der Waals surface area contributed by atoms with Gasteiger partial charge in [-0.05, 0) is 9.83 Å². The van der Waals surface area contributed by atoms with Gasteiger partial charge in [-0.2, -0.15) is 13.2 Å². The van der Waals surface area contributed by atoms with Crippen LogP contribution in [-0.2, 0) is 0 Å².